The van der Waals surface area contributed by atoms with Gasteiger partial charge in [0, 0.05) is 0 Å². The molecule has 2 saturated carbocycles. The van der Waals surface area contributed by atoms with Crippen molar-refractivity contribution >= 4 is 0 Å². The molecule has 2 nitrogen and oxygen atoms in total. The van der Waals surface area contributed by atoms with Gasteiger partial charge in [0.25, 0.3) is 0 Å². The summed E-state index contributed by atoms with van der Waals surface area (Å²) >= 11 is 0. The fourth-order valence-corrected chi connectivity index (χ4v) is 7.88. The van der Waals surface area contributed by atoms with Crippen molar-refractivity contribution in [3.05, 3.63) is 59.7 Å². The standard InChI is InChI=1S/C41H64O2/c1-3-14-34-16-20-36(21-17-34)38-24-28-40(29-25-38)42-32-12-10-8-6-5-7-9-11-13-33-43-41-30-26-39(27-31-41)37-22-18-35(15-4-2)19-23-37/h24-31,34-37H,3-23,32-33H2,1-2H3. The van der Waals surface area contributed by atoms with Crippen molar-refractivity contribution in [1.29, 1.82) is 0 Å². The minimum absolute atomic E-state index is 0.767. The molecule has 0 saturated heterocycles. The van der Waals surface area contributed by atoms with E-state index in [0.717, 1.165) is 48.4 Å². The van der Waals surface area contributed by atoms with Crippen LogP contribution < -0.4 is 9.47 Å². The molecular weight excluding hydrogens is 524 g/mol. The van der Waals surface area contributed by atoms with Crippen LogP contribution in [0.1, 0.15) is 172 Å². The van der Waals surface area contributed by atoms with Gasteiger partial charge in [0.15, 0.2) is 0 Å². The number of rotatable bonds is 20. The first-order valence-corrected chi connectivity index (χ1v) is 18.7. The quantitative estimate of drug-likeness (QED) is 0.143. The molecule has 2 aromatic rings. The highest BCUT2D eigenvalue weighted by atomic mass is 16.5. The van der Waals surface area contributed by atoms with E-state index in [4.69, 9.17) is 9.47 Å². The van der Waals surface area contributed by atoms with Crippen LogP contribution in [0.25, 0.3) is 0 Å². The van der Waals surface area contributed by atoms with Gasteiger partial charge in [0.1, 0.15) is 11.5 Å². The molecule has 0 aromatic heterocycles. The SMILES string of the molecule is CCCC1CCC(c2ccc(OCCCCCCCCCCCOc3ccc(C4CCC(CCC)CC4)cc3)cc2)CC1. The van der Waals surface area contributed by atoms with Gasteiger partial charge >= 0.3 is 0 Å². The van der Waals surface area contributed by atoms with Gasteiger partial charge in [-0.25, -0.2) is 0 Å². The van der Waals surface area contributed by atoms with E-state index in [1.807, 2.05) is 0 Å². The Hall–Kier alpha value is -1.96. The molecule has 240 valence electrons. The zero-order valence-corrected chi connectivity index (χ0v) is 28.0. The third kappa shape index (κ3) is 12.5. The Bertz CT molecular complexity index is 869. The second kappa shape index (κ2) is 20.1. The van der Waals surface area contributed by atoms with Crippen LogP contribution in [0.3, 0.4) is 0 Å². The van der Waals surface area contributed by atoms with Gasteiger partial charge in [-0.15, -0.1) is 0 Å². The van der Waals surface area contributed by atoms with E-state index >= 15 is 0 Å². The van der Waals surface area contributed by atoms with Crippen LogP contribution in [0.15, 0.2) is 48.5 Å². The Labute approximate surface area is 265 Å². The zero-order valence-electron chi connectivity index (χ0n) is 28.0. The first kappa shape index (κ1) is 33.9. The molecular formula is C41H64O2. The Kier molecular flexibility index (Phi) is 15.9. The van der Waals surface area contributed by atoms with Crippen molar-refractivity contribution in [2.45, 2.75) is 161 Å². The third-order valence-corrected chi connectivity index (χ3v) is 10.6. The molecule has 0 unspecified atom stereocenters. The van der Waals surface area contributed by atoms with E-state index in [1.54, 1.807) is 0 Å². The predicted octanol–water partition coefficient (Wildman–Crippen LogP) is 12.8. The highest BCUT2D eigenvalue weighted by Crippen LogP contribution is 2.39. The molecule has 0 heterocycles. The van der Waals surface area contributed by atoms with E-state index in [-0.39, 0.29) is 0 Å². The van der Waals surface area contributed by atoms with Gasteiger partial charge in [-0.3, -0.25) is 0 Å². The molecule has 0 radical (unpaired) electrons. The van der Waals surface area contributed by atoms with E-state index < -0.39 is 0 Å². The van der Waals surface area contributed by atoms with Crippen LogP contribution in [0, 0.1) is 11.8 Å². The fraction of sp³-hybridized carbons (Fsp3) is 0.707. The molecule has 2 fully saturated rings. The van der Waals surface area contributed by atoms with Crippen LogP contribution in [-0.4, -0.2) is 13.2 Å². The van der Waals surface area contributed by atoms with Crippen LogP contribution in [0.5, 0.6) is 11.5 Å². The lowest BCUT2D eigenvalue weighted by Gasteiger charge is -2.28. The second-order valence-corrected chi connectivity index (χ2v) is 14.0. The number of hydrogen-bond acceptors (Lipinski definition) is 2. The summed E-state index contributed by atoms with van der Waals surface area (Å²) in [6.07, 6.45) is 28.3. The Morgan fingerprint density at radius 1 is 0.442 bits per heavy atom. The largest absolute Gasteiger partial charge is 0.494 e. The monoisotopic (exact) mass is 588 g/mol. The smallest absolute Gasteiger partial charge is 0.119 e. The number of hydrogen-bond donors (Lipinski definition) is 0. The average molecular weight is 589 g/mol. The van der Waals surface area contributed by atoms with Crippen molar-refractivity contribution in [3.63, 3.8) is 0 Å². The van der Waals surface area contributed by atoms with E-state index in [2.05, 4.69) is 62.4 Å². The number of unbranched alkanes of at least 4 members (excludes halogenated alkanes) is 8. The molecule has 4 rings (SSSR count). The van der Waals surface area contributed by atoms with Crippen LogP contribution in [0.4, 0.5) is 0 Å². The fourth-order valence-electron chi connectivity index (χ4n) is 7.88. The van der Waals surface area contributed by atoms with Crippen LogP contribution in [-0.2, 0) is 0 Å². The second-order valence-electron chi connectivity index (χ2n) is 14.0. The molecule has 0 bridgehead atoms. The summed E-state index contributed by atoms with van der Waals surface area (Å²) in [5, 5.41) is 0. The van der Waals surface area contributed by atoms with Gasteiger partial charge in [0.2, 0.25) is 0 Å². The van der Waals surface area contributed by atoms with Gasteiger partial charge in [0.05, 0.1) is 13.2 Å². The summed E-state index contributed by atoms with van der Waals surface area (Å²) in [5.74, 6) is 5.58. The van der Waals surface area contributed by atoms with Gasteiger partial charge in [-0.05, 0) is 123 Å². The molecule has 0 amide bonds. The van der Waals surface area contributed by atoms with Crippen LogP contribution >= 0.6 is 0 Å². The van der Waals surface area contributed by atoms with E-state index in [9.17, 15) is 0 Å². The maximum absolute atomic E-state index is 6.04. The molecule has 2 heteroatoms. The molecule has 0 spiro atoms. The lowest BCUT2D eigenvalue weighted by Crippen LogP contribution is -2.13. The Balaban J connectivity index is 0.931. The highest BCUT2D eigenvalue weighted by Gasteiger charge is 2.22. The summed E-state index contributed by atoms with van der Waals surface area (Å²) in [5.41, 5.74) is 3.05. The maximum Gasteiger partial charge on any atom is 0.119 e. The molecule has 2 aliphatic rings. The Morgan fingerprint density at radius 2 is 0.767 bits per heavy atom. The summed E-state index contributed by atoms with van der Waals surface area (Å²) in [7, 11) is 0. The molecule has 0 N–H and O–H groups in total. The minimum Gasteiger partial charge on any atom is -0.494 e. The summed E-state index contributed by atoms with van der Waals surface area (Å²) in [6.45, 7) is 6.35. The van der Waals surface area contributed by atoms with Crippen molar-refractivity contribution in [3.8, 4) is 11.5 Å². The summed E-state index contributed by atoms with van der Waals surface area (Å²) < 4.78 is 12.1. The van der Waals surface area contributed by atoms with Gasteiger partial charge in [-0.2, -0.15) is 0 Å². The van der Waals surface area contributed by atoms with E-state index in [1.165, 1.54) is 146 Å². The van der Waals surface area contributed by atoms with Crippen molar-refractivity contribution in [2.75, 3.05) is 13.2 Å². The van der Waals surface area contributed by atoms with Crippen molar-refractivity contribution < 1.29 is 9.47 Å². The predicted molar refractivity (Wildman–Crippen MR) is 185 cm³/mol. The van der Waals surface area contributed by atoms with Crippen molar-refractivity contribution in [1.82, 2.24) is 0 Å². The first-order chi connectivity index (χ1) is 21.2. The van der Waals surface area contributed by atoms with E-state index in [0.29, 0.717) is 0 Å². The lowest BCUT2D eigenvalue weighted by molar-refractivity contribution is 0.300. The number of ether oxygens (including phenoxy) is 2. The Morgan fingerprint density at radius 3 is 1.09 bits per heavy atom. The minimum atomic E-state index is 0.767. The van der Waals surface area contributed by atoms with Gasteiger partial charge in [-0.1, -0.05) is 109 Å². The third-order valence-electron chi connectivity index (χ3n) is 10.6. The summed E-state index contributed by atoms with van der Waals surface area (Å²) in [4.78, 5) is 0. The topological polar surface area (TPSA) is 18.5 Å². The normalized spacial score (nSPS) is 22.4. The van der Waals surface area contributed by atoms with Crippen LogP contribution in [0.2, 0.25) is 0 Å². The molecule has 0 aliphatic heterocycles. The van der Waals surface area contributed by atoms with Crippen molar-refractivity contribution in [2.24, 2.45) is 11.8 Å². The highest BCUT2D eigenvalue weighted by molar-refractivity contribution is 5.30. The summed E-state index contributed by atoms with van der Waals surface area (Å²) in [6, 6.07) is 18.1. The molecule has 0 atom stereocenters. The number of benzene rings is 2. The molecule has 2 aliphatic carbocycles. The van der Waals surface area contributed by atoms with Gasteiger partial charge < -0.3 is 9.47 Å². The molecule has 2 aromatic carbocycles. The molecule has 43 heavy (non-hydrogen) atoms. The maximum atomic E-state index is 6.04. The zero-order chi connectivity index (χ0) is 30.0. The first-order valence-electron chi connectivity index (χ1n) is 18.7. The lowest BCUT2D eigenvalue weighted by atomic mass is 9.77. The average Bonchev–Trinajstić information content (AvgIpc) is 3.05.